The van der Waals surface area contributed by atoms with Gasteiger partial charge in [0.2, 0.25) is 0 Å². The largest absolute Gasteiger partial charge is 0.490 e. The van der Waals surface area contributed by atoms with Crippen LogP contribution in [0.1, 0.15) is 33.6 Å². The van der Waals surface area contributed by atoms with Gasteiger partial charge in [-0.1, -0.05) is 23.8 Å². The summed E-state index contributed by atoms with van der Waals surface area (Å²) in [5.41, 5.74) is 2.32. The minimum atomic E-state index is -5.08. The number of nitrogens with zero attached hydrogens (tertiary/aromatic N) is 1. The van der Waals surface area contributed by atoms with Crippen molar-refractivity contribution in [1.82, 2.24) is 10.2 Å². The molecular weight excluding hydrogens is 353 g/mol. The van der Waals surface area contributed by atoms with E-state index in [9.17, 15) is 22.8 Å². The lowest BCUT2D eigenvalue weighted by Crippen LogP contribution is -2.31. The Kier molecular flexibility index (Phi) is 6.14. The number of amides is 2. The van der Waals surface area contributed by atoms with Crippen molar-refractivity contribution >= 4 is 17.8 Å². The van der Waals surface area contributed by atoms with Gasteiger partial charge < -0.3 is 10.4 Å². The molecule has 1 fully saturated rings. The summed E-state index contributed by atoms with van der Waals surface area (Å²) < 4.78 is 31.7. The zero-order chi connectivity index (χ0) is 19.3. The van der Waals surface area contributed by atoms with Crippen molar-refractivity contribution in [3.05, 3.63) is 47.0 Å². The molecule has 1 saturated heterocycles. The van der Waals surface area contributed by atoms with Crippen molar-refractivity contribution in [2.75, 3.05) is 19.6 Å². The zero-order valence-corrected chi connectivity index (χ0v) is 13.7. The standard InChI is InChI=1S/C15H16N2O2.C2HF3O2/c18-14-12-5-1-2-6-13(12)15(19)17(14)9-7-11-4-3-8-16-10-11;3-2(4,5)1(6)7/h1-2,5-7,16H,3-4,8-10H2;(H,6,7)/b11-7+;. The van der Waals surface area contributed by atoms with Gasteiger partial charge in [-0.15, -0.1) is 0 Å². The molecule has 3 rings (SSSR count). The minimum absolute atomic E-state index is 0.179. The van der Waals surface area contributed by atoms with Crippen LogP contribution in [-0.2, 0) is 4.79 Å². The van der Waals surface area contributed by atoms with Crippen molar-refractivity contribution < 1.29 is 32.7 Å². The van der Waals surface area contributed by atoms with Gasteiger partial charge >= 0.3 is 12.1 Å². The van der Waals surface area contributed by atoms with Crippen LogP contribution in [0.5, 0.6) is 0 Å². The van der Waals surface area contributed by atoms with Gasteiger partial charge in [0.25, 0.3) is 11.8 Å². The summed E-state index contributed by atoms with van der Waals surface area (Å²) >= 11 is 0. The maximum atomic E-state index is 12.1. The second-order valence-corrected chi connectivity index (χ2v) is 5.71. The normalized spacial score (nSPS) is 18.4. The molecule has 6 nitrogen and oxygen atoms in total. The molecule has 0 spiro atoms. The maximum Gasteiger partial charge on any atom is 0.490 e. The molecule has 0 radical (unpaired) electrons. The fraction of sp³-hybridized carbons (Fsp3) is 0.353. The number of aliphatic carboxylic acids is 1. The number of halogens is 3. The predicted molar refractivity (Wildman–Crippen MR) is 85.7 cm³/mol. The number of carboxylic acids is 1. The first-order chi connectivity index (χ1) is 12.2. The highest BCUT2D eigenvalue weighted by Crippen LogP contribution is 2.22. The molecule has 0 aromatic heterocycles. The number of nitrogens with one attached hydrogen (secondary N) is 1. The van der Waals surface area contributed by atoms with E-state index in [1.165, 1.54) is 10.5 Å². The van der Waals surface area contributed by atoms with Crippen LogP contribution in [0, 0.1) is 0 Å². The summed E-state index contributed by atoms with van der Waals surface area (Å²) in [6.45, 7) is 2.29. The number of carbonyl (C=O) groups is 3. The number of alkyl halides is 3. The Hall–Kier alpha value is -2.68. The Morgan fingerprint density at radius 3 is 2.15 bits per heavy atom. The topological polar surface area (TPSA) is 86.7 Å². The van der Waals surface area contributed by atoms with Gasteiger partial charge in [0.15, 0.2) is 0 Å². The Morgan fingerprint density at radius 2 is 1.73 bits per heavy atom. The zero-order valence-electron chi connectivity index (χ0n) is 13.7. The highest BCUT2D eigenvalue weighted by atomic mass is 19.4. The second kappa shape index (κ2) is 8.13. The smallest absolute Gasteiger partial charge is 0.475 e. The Morgan fingerprint density at radius 1 is 1.19 bits per heavy atom. The van der Waals surface area contributed by atoms with E-state index in [0.717, 1.165) is 25.9 Å². The van der Waals surface area contributed by atoms with Gasteiger partial charge in [0.05, 0.1) is 11.1 Å². The summed E-state index contributed by atoms with van der Waals surface area (Å²) in [7, 11) is 0. The molecule has 0 unspecified atom stereocenters. The monoisotopic (exact) mass is 370 g/mol. The van der Waals surface area contributed by atoms with E-state index in [1.807, 2.05) is 6.08 Å². The van der Waals surface area contributed by atoms with Crippen LogP contribution in [0.2, 0.25) is 0 Å². The highest BCUT2D eigenvalue weighted by Gasteiger charge is 2.38. The lowest BCUT2D eigenvalue weighted by molar-refractivity contribution is -0.192. The van der Waals surface area contributed by atoms with E-state index >= 15 is 0 Å². The van der Waals surface area contributed by atoms with E-state index in [2.05, 4.69) is 5.32 Å². The molecule has 140 valence electrons. The van der Waals surface area contributed by atoms with Crippen molar-refractivity contribution in [3.8, 4) is 0 Å². The highest BCUT2D eigenvalue weighted by molar-refractivity contribution is 6.21. The van der Waals surface area contributed by atoms with Crippen molar-refractivity contribution in [2.45, 2.75) is 19.0 Å². The van der Waals surface area contributed by atoms with Crippen molar-refractivity contribution in [3.63, 3.8) is 0 Å². The van der Waals surface area contributed by atoms with Gasteiger partial charge in [0.1, 0.15) is 0 Å². The van der Waals surface area contributed by atoms with Crippen molar-refractivity contribution in [2.24, 2.45) is 0 Å². The number of carboxylic acid groups (broad SMARTS) is 1. The van der Waals surface area contributed by atoms with Gasteiger partial charge in [-0.25, -0.2) is 4.79 Å². The molecule has 1 aromatic rings. The first-order valence-electron chi connectivity index (χ1n) is 7.85. The molecule has 0 aliphatic carbocycles. The Balaban J connectivity index is 0.000000298. The van der Waals surface area contributed by atoms with E-state index < -0.39 is 12.1 Å². The van der Waals surface area contributed by atoms with E-state index in [1.54, 1.807) is 24.3 Å². The fourth-order valence-electron chi connectivity index (χ4n) is 2.58. The number of hydrogen-bond donors (Lipinski definition) is 2. The number of fused-ring (bicyclic) bond motifs is 1. The molecule has 1 aromatic carbocycles. The molecular formula is C17H17F3N2O4. The quantitative estimate of drug-likeness (QED) is 0.616. The molecule has 2 heterocycles. The van der Waals surface area contributed by atoms with Crippen LogP contribution in [0.15, 0.2) is 35.9 Å². The third kappa shape index (κ3) is 4.69. The van der Waals surface area contributed by atoms with Crippen LogP contribution < -0.4 is 5.32 Å². The van der Waals surface area contributed by atoms with E-state index in [4.69, 9.17) is 9.90 Å². The molecule has 0 saturated carbocycles. The van der Waals surface area contributed by atoms with Gasteiger partial charge in [-0.05, 0) is 31.5 Å². The molecule has 2 aliphatic rings. The number of hydrogen-bond acceptors (Lipinski definition) is 4. The molecule has 2 N–H and O–H groups in total. The molecule has 2 aliphatic heterocycles. The third-order valence-corrected chi connectivity index (χ3v) is 3.89. The molecule has 9 heteroatoms. The summed E-state index contributed by atoms with van der Waals surface area (Å²) in [5, 5.41) is 10.4. The molecule has 0 bridgehead atoms. The van der Waals surface area contributed by atoms with E-state index in [-0.39, 0.29) is 11.8 Å². The summed E-state index contributed by atoms with van der Waals surface area (Å²) in [6.07, 6.45) is -0.905. The first-order valence-corrected chi connectivity index (χ1v) is 7.85. The summed E-state index contributed by atoms with van der Waals surface area (Å²) in [6, 6.07) is 7.00. The van der Waals surface area contributed by atoms with Crippen LogP contribution in [0.4, 0.5) is 13.2 Å². The third-order valence-electron chi connectivity index (χ3n) is 3.89. The lowest BCUT2D eigenvalue weighted by atomic mass is 10.1. The van der Waals surface area contributed by atoms with Gasteiger partial charge in [-0.3, -0.25) is 14.5 Å². The van der Waals surface area contributed by atoms with Crippen molar-refractivity contribution in [1.29, 1.82) is 0 Å². The Labute approximate surface area is 147 Å². The fourth-order valence-corrected chi connectivity index (χ4v) is 2.58. The minimum Gasteiger partial charge on any atom is -0.475 e. The molecule has 0 atom stereocenters. The average Bonchev–Trinajstić information content (AvgIpc) is 2.85. The number of benzene rings is 1. The molecule has 26 heavy (non-hydrogen) atoms. The van der Waals surface area contributed by atoms with E-state index in [0.29, 0.717) is 17.7 Å². The van der Waals surface area contributed by atoms with Crippen LogP contribution in [0.25, 0.3) is 0 Å². The van der Waals surface area contributed by atoms with Crippen LogP contribution in [-0.4, -0.2) is 53.6 Å². The number of piperidine rings is 1. The van der Waals surface area contributed by atoms with Gasteiger partial charge in [0, 0.05) is 13.1 Å². The van der Waals surface area contributed by atoms with Gasteiger partial charge in [-0.2, -0.15) is 13.2 Å². The summed E-state index contributed by atoms with van der Waals surface area (Å²) in [5.74, 6) is -3.12. The predicted octanol–water partition coefficient (Wildman–Crippen LogP) is 2.23. The average molecular weight is 370 g/mol. The first kappa shape index (κ1) is 19.6. The second-order valence-electron chi connectivity index (χ2n) is 5.71. The number of rotatable bonds is 2. The SMILES string of the molecule is O=C(O)C(F)(F)F.O=C1c2ccccc2C(=O)N1C/C=C1\CCCNC1. The molecule has 2 amide bonds. The lowest BCUT2D eigenvalue weighted by Gasteiger charge is -2.17. The van der Waals surface area contributed by atoms with Crippen LogP contribution >= 0.6 is 0 Å². The van der Waals surface area contributed by atoms with Crippen LogP contribution in [0.3, 0.4) is 0 Å². The Bertz CT molecular complexity index is 701. The number of carbonyl (C=O) groups excluding carboxylic acids is 2. The number of imide groups is 1. The summed E-state index contributed by atoms with van der Waals surface area (Å²) in [4.78, 5) is 34.5. The maximum absolute atomic E-state index is 12.1.